The highest BCUT2D eigenvalue weighted by Gasteiger charge is 2.23. The Kier molecular flexibility index (Phi) is 2.95. The van der Waals surface area contributed by atoms with Gasteiger partial charge in [0.2, 0.25) is 0 Å². The van der Waals surface area contributed by atoms with Gasteiger partial charge >= 0.3 is 0 Å². The Labute approximate surface area is 146 Å². The first-order chi connectivity index (χ1) is 12.3. The van der Waals surface area contributed by atoms with Gasteiger partial charge in [-0.15, -0.1) is 0 Å². The van der Waals surface area contributed by atoms with Crippen molar-refractivity contribution in [3.8, 4) is 11.3 Å². The van der Waals surface area contributed by atoms with Crippen LogP contribution in [0.25, 0.3) is 38.6 Å². The summed E-state index contributed by atoms with van der Waals surface area (Å²) in [6, 6.07) is 25.9. The van der Waals surface area contributed by atoms with Crippen molar-refractivity contribution in [2.45, 2.75) is 6.92 Å². The summed E-state index contributed by atoms with van der Waals surface area (Å²) < 4.78 is 4.66. The van der Waals surface area contributed by atoms with Crippen LogP contribution < -0.4 is 4.57 Å². The normalized spacial score (nSPS) is 11.6. The first-order valence-electron chi connectivity index (χ1n) is 8.62. The summed E-state index contributed by atoms with van der Waals surface area (Å²) in [5.41, 5.74) is 6.25. The van der Waals surface area contributed by atoms with E-state index in [0.717, 1.165) is 0 Å². The van der Waals surface area contributed by atoms with Crippen molar-refractivity contribution in [2.24, 2.45) is 7.05 Å². The summed E-state index contributed by atoms with van der Waals surface area (Å²) in [7, 11) is 2.14. The van der Waals surface area contributed by atoms with Crippen LogP contribution in [0.2, 0.25) is 0 Å². The fourth-order valence-corrected chi connectivity index (χ4v) is 4.00. The molecule has 2 nitrogen and oxygen atoms in total. The number of pyridine rings is 1. The number of para-hydroxylation sites is 1. The van der Waals surface area contributed by atoms with Crippen molar-refractivity contribution >= 4 is 27.3 Å². The fraction of sp³-hybridized carbons (Fsp3) is 0.0870. The Morgan fingerprint density at radius 3 is 2.32 bits per heavy atom. The van der Waals surface area contributed by atoms with Crippen LogP contribution in [0, 0.1) is 6.92 Å². The molecule has 0 radical (unpaired) electrons. The highest BCUT2D eigenvalue weighted by atomic mass is 15.1. The van der Waals surface area contributed by atoms with Gasteiger partial charge in [-0.25, -0.2) is 4.57 Å². The number of imidazole rings is 1. The molecule has 3 aromatic carbocycles. The molecule has 0 atom stereocenters. The lowest BCUT2D eigenvalue weighted by Gasteiger charge is -2.07. The molecule has 0 aliphatic rings. The zero-order valence-corrected chi connectivity index (χ0v) is 14.4. The summed E-state index contributed by atoms with van der Waals surface area (Å²) in [6.45, 7) is 2.20. The van der Waals surface area contributed by atoms with E-state index in [4.69, 9.17) is 0 Å². The minimum atomic E-state index is 1.22. The average Bonchev–Trinajstić information content (AvgIpc) is 3.00. The van der Waals surface area contributed by atoms with Gasteiger partial charge in [0.25, 0.3) is 5.65 Å². The number of aryl methyl sites for hydroxylation is 2. The van der Waals surface area contributed by atoms with Gasteiger partial charge in [0, 0.05) is 16.3 Å². The second kappa shape index (κ2) is 5.18. The third kappa shape index (κ3) is 1.94. The molecule has 0 bridgehead atoms. The van der Waals surface area contributed by atoms with Crippen molar-refractivity contribution < 1.29 is 4.57 Å². The topological polar surface area (TPSA) is 8.29 Å². The number of aromatic nitrogens is 2. The lowest BCUT2D eigenvalue weighted by Crippen LogP contribution is -2.26. The second-order valence-corrected chi connectivity index (χ2v) is 6.66. The average molecular weight is 323 g/mol. The number of benzene rings is 3. The minimum Gasteiger partial charge on any atom is -0.232 e. The maximum atomic E-state index is 2.40. The standard InChI is InChI=1S/C23H19N2/c1-16-9-8-13-19-18-12-6-7-14-20(18)25-21(17-10-4-3-5-11-17)15-24(2)23(25)22(16)19/h3-15H,1-2H3/q+1. The molecule has 2 heterocycles. The molecular formula is C23H19N2+. The van der Waals surface area contributed by atoms with Crippen molar-refractivity contribution in [1.29, 1.82) is 0 Å². The third-order valence-corrected chi connectivity index (χ3v) is 5.10. The van der Waals surface area contributed by atoms with E-state index < -0.39 is 0 Å². The molecule has 5 aromatic rings. The van der Waals surface area contributed by atoms with Crippen molar-refractivity contribution in [2.75, 3.05) is 0 Å². The van der Waals surface area contributed by atoms with E-state index in [2.05, 4.69) is 102 Å². The summed E-state index contributed by atoms with van der Waals surface area (Å²) in [4.78, 5) is 0. The molecule has 5 rings (SSSR count). The van der Waals surface area contributed by atoms with Crippen LogP contribution in [0.5, 0.6) is 0 Å². The number of hydrogen-bond donors (Lipinski definition) is 0. The molecule has 0 aliphatic heterocycles. The SMILES string of the molecule is Cc1cccc2c3ccccc3n3c(-c4ccccc4)c[n+](C)c3c12. The molecule has 0 amide bonds. The van der Waals surface area contributed by atoms with E-state index in [1.54, 1.807) is 0 Å². The molecule has 0 saturated carbocycles. The largest absolute Gasteiger partial charge is 0.295 e. The van der Waals surface area contributed by atoms with E-state index >= 15 is 0 Å². The number of fused-ring (bicyclic) bond motifs is 6. The van der Waals surface area contributed by atoms with E-state index in [1.165, 1.54) is 44.1 Å². The zero-order valence-electron chi connectivity index (χ0n) is 14.4. The molecule has 0 N–H and O–H groups in total. The Bertz CT molecular complexity index is 1250. The van der Waals surface area contributed by atoms with Gasteiger partial charge < -0.3 is 0 Å². The van der Waals surface area contributed by atoms with Crippen molar-refractivity contribution in [3.63, 3.8) is 0 Å². The molecule has 2 aromatic heterocycles. The van der Waals surface area contributed by atoms with E-state index in [1.807, 2.05) is 0 Å². The first kappa shape index (κ1) is 14.2. The van der Waals surface area contributed by atoms with Crippen molar-refractivity contribution in [1.82, 2.24) is 4.40 Å². The quantitative estimate of drug-likeness (QED) is 0.301. The number of rotatable bonds is 1. The van der Waals surface area contributed by atoms with Crippen LogP contribution in [0.3, 0.4) is 0 Å². The van der Waals surface area contributed by atoms with Gasteiger partial charge in [0.15, 0.2) is 5.69 Å². The third-order valence-electron chi connectivity index (χ3n) is 5.10. The van der Waals surface area contributed by atoms with Crippen LogP contribution in [-0.4, -0.2) is 4.40 Å². The maximum absolute atomic E-state index is 2.40. The van der Waals surface area contributed by atoms with Gasteiger partial charge in [-0.05, 0) is 18.6 Å². The molecule has 120 valence electrons. The second-order valence-electron chi connectivity index (χ2n) is 6.66. The van der Waals surface area contributed by atoms with Gasteiger partial charge in [-0.2, -0.15) is 4.40 Å². The smallest absolute Gasteiger partial charge is 0.232 e. The van der Waals surface area contributed by atoms with E-state index in [-0.39, 0.29) is 0 Å². The minimum absolute atomic E-state index is 1.22. The van der Waals surface area contributed by atoms with Crippen LogP contribution in [0.1, 0.15) is 5.56 Å². The highest BCUT2D eigenvalue weighted by Crippen LogP contribution is 2.33. The maximum Gasteiger partial charge on any atom is 0.295 e. The molecule has 25 heavy (non-hydrogen) atoms. The molecule has 0 spiro atoms. The van der Waals surface area contributed by atoms with Crippen LogP contribution in [-0.2, 0) is 7.05 Å². The predicted octanol–water partition coefficient (Wildman–Crippen LogP) is 5.05. The van der Waals surface area contributed by atoms with Crippen LogP contribution in [0.15, 0.2) is 79.0 Å². The Balaban J connectivity index is 2.12. The fourth-order valence-electron chi connectivity index (χ4n) is 4.00. The van der Waals surface area contributed by atoms with E-state index in [0.29, 0.717) is 0 Å². The van der Waals surface area contributed by atoms with Gasteiger partial charge in [0.05, 0.1) is 12.4 Å². The lowest BCUT2D eigenvalue weighted by molar-refractivity contribution is -0.643. The van der Waals surface area contributed by atoms with Crippen LogP contribution in [0.4, 0.5) is 0 Å². The molecular weight excluding hydrogens is 304 g/mol. The number of nitrogens with zero attached hydrogens (tertiary/aromatic N) is 2. The molecule has 0 aliphatic carbocycles. The Morgan fingerprint density at radius 1 is 0.760 bits per heavy atom. The molecule has 0 saturated heterocycles. The zero-order chi connectivity index (χ0) is 17.0. The van der Waals surface area contributed by atoms with Crippen molar-refractivity contribution in [3.05, 3.63) is 84.6 Å². The molecule has 2 heteroatoms. The van der Waals surface area contributed by atoms with E-state index in [9.17, 15) is 0 Å². The summed E-state index contributed by atoms with van der Waals surface area (Å²) >= 11 is 0. The Hall–Kier alpha value is -3.13. The lowest BCUT2D eigenvalue weighted by atomic mass is 10.0. The summed E-state index contributed by atoms with van der Waals surface area (Å²) in [6.07, 6.45) is 2.24. The predicted molar refractivity (Wildman–Crippen MR) is 104 cm³/mol. The molecule has 0 unspecified atom stereocenters. The van der Waals surface area contributed by atoms with Crippen LogP contribution >= 0.6 is 0 Å². The van der Waals surface area contributed by atoms with Gasteiger partial charge in [-0.3, -0.25) is 0 Å². The number of hydrogen-bond acceptors (Lipinski definition) is 0. The monoisotopic (exact) mass is 323 g/mol. The summed E-state index contributed by atoms with van der Waals surface area (Å²) in [5.74, 6) is 0. The Morgan fingerprint density at radius 2 is 1.48 bits per heavy atom. The van der Waals surface area contributed by atoms with Gasteiger partial charge in [-0.1, -0.05) is 66.7 Å². The van der Waals surface area contributed by atoms with Gasteiger partial charge in [0.1, 0.15) is 11.7 Å². The first-order valence-corrected chi connectivity index (χ1v) is 8.62. The molecule has 0 fully saturated rings. The highest BCUT2D eigenvalue weighted by molar-refractivity contribution is 6.12. The summed E-state index contributed by atoms with van der Waals surface area (Å²) in [5, 5.41) is 3.93.